The van der Waals surface area contributed by atoms with Crippen LogP contribution in [0.4, 0.5) is 13.2 Å². The predicted molar refractivity (Wildman–Crippen MR) is 80.6 cm³/mol. The number of likely N-dealkylation sites (N-methyl/N-ethyl adjacent to an activating group) is 1. The molecule has 0 saturated carbocycles. The summed E-state index contributed by atoms with van der Waals surface area (Å²) in [6.45, 7) is 2.54. The van der Waals surface area contributed by atoms with Crippen LogP contribution in [0.2, 0.25) is 0 Å². The van der Waals surface area contributed by atoms with E-state index in [0.29, 0.717) is 23.0 Å². The van der Waals surface area contributed by atoms with Crippen LogP contribution in [0.25, 0.3) is 0 Å². The van der Waals surface area contributed by atoms with Gasteiger partial charge in [-0.15, -0.1) is 0 Å². The van der Waals surface area contributed by atoms with E-state index in [4.69, 9.17) is 0 Å². The maximum Gasteiger partial charge on any atom is 0.137 e. The molecule has 0 aromatic heterocycles. The SMILES string of the molecule is CCNC(Cc1cccc(F)c1Br)c1cc(F)cc(F)c1. The van der Waals surface area contributed by atoms with Crippen LogP contribution in [-0.4, -0.2) is 6.54 Å². The summed E-state index contributed by atoms with van der Waals surface area (Å²) in [5.74, 6) is -1.59. The van der Waals surface area contributed by atoms with E-state index in [9.17, 15) is 13.2 Å². The summed E-state index contributed by atoms with van der Waals surface area (Å²) in [5.41, 5.74) is 1.25. The van der Waals surface area contributed by atoms with Gasteiger partial charge in [0.05, 0.1) is 4.47 Å². The van der Waals surface area contributed by atoms with E-state index >= 15 is 0 Å². The number of rotatable bonds is 5. The van der Waals surface area contributed by atoms with Gasteiger partial charge in [0.25, 0.3) is 0 Å². The second kappa shape index (κ2) is 7.09. The highest BCUT2D eigenvalue weighted by molar-refractivity contribution is 9.10. The normalized spacial score (nSPS) is 12.4. The molecule has 112 valence electrons. The number of hydrogen-bond acceptors (Lipinski definition) is 1. The summed E-state index contributed by atoms with van der Waals surface area (Å²) in [6, 6.07) is 7.89. The lowest BCUT2D eigenvalue weighted by atomic mass is 9.98. The third-order valence-corrected chi connectivity index (χ3v) is 4.08. The summed E-state index contributed by atoms with van der Waals surface area (Å²) >= 11 is 3.21. The van der Waals surface area contributed by atoms with Crippen LogP contribution < -0.4 is 5.32 Å². The molecule has 0 fully saturated rings. The van der Waals surface area contributed by atoms with Crippen molar-refractivity contribution in [2.45, 2.75) is 19.4 Å². The van der Waals surface area contributed by atoms with Crippen molar-refractivity contribution in [3.05, 3.63) is 69.4 Å². The van der Waals surface area contributed by atoms with E-state index in [1.54, 1.807) is 12.1 Å². The molecule has 1 N–H and O–H groups in total. The molecule has 2 aromatic rings. The highest BCUT2D eigenvalue weighted by Crippen LogP contribution is 2.26. The Morgan fingerprint density at radius 3 is 2.38 bits per heavy atom. The summed E-state index contributed by atoms with van der Waals surface area (Å²) < 4.78 is 40.7. The van der Waals surface area contributed by atoms with Crippen molar-refractivity contribution in [1.29, 1.82) is 0 Å². The minimum atomic E-state index is -0.619. The van der Waals surface area contributed by atoms with Crippen molar-refractivity contribution in [1.82, 2.24) is 5.32 Å². The van der Waals surface area contributed by atoms with Gasteiger partial charge in [0.1, 0.15) is 17.5 Å². The first-order valence-corrected chi connectivity index (χ1v) is 7.42. The van der Waals surface area contributed by atoms with Crippen molar-refractivity contribution in [2.24, 2.45) is 0 Å². The van der Waals surface area contributed by atoms with Gasteiger partial charge in [-0.3, -0.25) is 0 Å². The molecule has 0 amide bonds. The van der Waals surface area contributed by atoms with Gasteiger partial charge >= 0.3 is 0 Å². The van der Waals surface area contributed by atoms with Gasteiger partial charge in [-0.25, -0.2) is 13.2 Å². The topological polar surface area (TPSA) is 12.0 Å². The molecule has 21 heavy (non-hydrogen) atoms. The summed E-state index contributed by atoms with van der Waals surface area (Å²) in [7, 11) is 0. The van der Waals surface area contributed by atoms with Crippen LogP contribution in [0, 0.1) is 17.5 Å². The van der Waals surface area contributed by atoms with E-state index in [1.165, 1.54) is 18.2 Å². The Bertz CT molecular complexity index is 611. The zero-order valence-electron chi connectivity index (χ0n) is 11.5. The molecule has 1 atom stereocenters. The van der Waals surface area contributed by atoms with E-state index in [0.717, 1.165) is 11.6 Å². The van der Waals surface area contributed by atoms with Crippen molar-refractivity contribution in [2.75, 3.05) is 6.54 Å². The van der Waals surface area contributed by atoms with Crippen LogP contribution in [0.5, 0.6) is 0 Å². The Balaban J connectivity index is 2.32. The Kier molecular flexibility index (Phi) is 5.42. The molecular weight excluding hydrogens is 343 g/mol. The van der Waals surface area contributed by atoms with E-state index in [-0.39, 0.29) is 11.9 Å². The first kappa shape index (κ1) is 16.0. The Morgan fingerprint density at radius 1 is 1.10 bits per heavy atom. The maximum atomic E-state index is 13.6. The molecule has 0 spiro atoms. The largest absolute Gasteiger partial charge is 0.310 e. The molecule has 1 nitrogen and oxygen atoms in total. The quantitative estimate of drug-likeness (QED) is 0.813. The van der Waals surface area contributed by atoms with Gasteiger partial charge < -0.3 is 5.32 Å². The molecule has 0 saturated heterocycles. The molecule has 0 heterocycles. The van der Waals surface area contributed by atoms with Crippen LogP contribution in [0.15, 0.2) is 40.9 Å². The zero-order chi connectivity index (χ0) is 15.4. The lowest BCUT2D eigenvalue weighted by Gasteiger charge is -2.19. The monoisotopic (exact) mass is 357 g/mol. The third-order valence-electron chi connectivity index (χ3n) is 3.19. The Labute approximate surface area is 130 Å². The number of nitrogens with one attached hydrogen (secondary N) is 1. The van der Waals surface area contributed by atoms with Crippen LogP contribution in [-0.2, 0) is 6.42 Å². The fraction of sp³-hybridized carbons (Fsp3) is 0.250. The molecule has 0 aliphatic carbocycles. The van der Waals surface area contributed by atoms with Gasteiger partial charge in [0, 0.05) is 12.1 Å². The lowest BCUT2D eigenvalue weighted by molar-refractivity contribution is 0.526. The van der Waals surface area contributed by atoms with Crippen LogP contribution in [0.1, 0.15) is 24.1 Å². The molecule has 2 rings (SSSR count). The Hall–Kier alpha value is -1.33. The van der Waals surface area contributed by atoms with E-state index in [2.05, 4.69) is 21.2 Å². The molecule has 5 heteroatoms. The van der Waals surface area contributed by atoms with Crippen molar-refractivity contribution in [3.8, 4) is 0 Å². The van der Waals surface area contributed by atoms with E-state index < -0.39 is 11.6 Å². The van der Waals surface area contributed by atoms with Gasteiger partial charge in [-0.1, -0.05) is 19.1 Å². The highest BCUT2D eigenvalue weighted by atomic mass is 79.9. The molecule has 0 radical (unpaired) electrons. The van der Waals surface area contributed by atoms with E-state index in [1.807, 2.05) is 6.92 Å². The molecule has 1 unspecified atom stereocenters. The number of halogens is 4. The van der Waals surface area contributed by atoms with Gasteiger partial charge in [-0.05, 0) is 58.2 Å². The fourth-order valence-corrected chi connectivity index (χ4v) is 2.68. The highest BCUT2D eigenvalue weighted by Gasteiger charge is 2.16. The van der Waals surface area contributed by atoms with Crippen molar-refractivity contribution >= 4 is 15.9 Å². The summed E-state index contributed by atoms with van der Waals surface area (Å²) in [4.78, 5) is 0. The fourth-order valence-electron chi connectivity index (χ4n) is 2.26. The van der Waals surface area contributed by atoms with Gasteiger partial charge in [-0.2, -0.15) is 0 Å². The van der Waals surface area contributed by atoms with Gasteiger partial charge in [0.15, 0.2) is 0 Å². The second-order valence-electron chi connectivity index (χ2n) is 4.73. The van der Waals surface area contributed by atoms with Crippen molar-refractivity contribution in [3.63, 3.8) is 0 Å². The average Bonchev–Trinajstić information content (AvgIpc) is 2.42. The lowest BCUT2D eigenvalue weighted by Crippen LogP contribution is -2.23. The van der Waals surface area contributed by atoms with Crippen LogP contribution in [0.3, 0.4) is 0 Å². The van der Waals surface area contributed by atoms with Crippen molar-refractivity contribution < 1.29 is 13.2 Å². The molecule has 0 aliphatic rings. The Morgan fingerprint density at radius 2 is 1.76 bits per heavy atom. The minimum Gasteiger partial charge on any atom is -0.310 e. The average molecular weight is 358 g/mol. The first-order valence-electron chi connectivity index (χ1n) is 6.63. The number of benzene rings is 2. The molecule has 0 aliphatic heterocycles. The second-order valence-corrected chi connectivity index (χ2v) is 5.52. The zero-order valence-corrected chi connectivity index (χ0v) is 13.1. The molecule has 0 bridgehead atoms. The standard InChI is InChI=1S/C16H15BrF3N/c1-2-21-15(11-6-12(18)9-13(19)7-11)8-10-4-3-5-14(20)16(10)17/h3-7,9,15,21H,2,8H2,1H3. The van der Waals surface area contributed by atoms with Gasteiger partial charge in [0.2, 0.25) is 0 Å². The molecule has 2 aromatic carbocycles. The predicted octanol–water partition coefficient (Wildman–Crippen LogP) is 4.76. The summed E-state index contributed by atoms with van der Waals surface area (Å²) in [6.07, 6.45) is 0.426. The number of hydrogen-bond donors (Lipinski definition) is 1. The molecular formula is C16H15BrF3N. The third kappa shape index (κ3) is 4.08. The maximum absolute atomic E-state index is 13.6. The minimum absolute atomic E-state index is 0.293. The summed E-state index contributed by atoms with van der Waals surface area (Å²) in [5, 5.41) is 3.17. The van der Waals surface area contributed by atoms with Crippen LogP contribution >= 0.6 is 15.9 Å². The first-order chi connectivity index (χ1) is 10.0. The smallest absolute Gasteiger partial charge is 0.137 e.